The van der Waals surface area contributed by atoms with Crippen LogP contribution in [0.5, 0.6) is 5.75 Å². The van der Waals surface area contributed by atoms with E-state index in [0.29, 0.717) is 13.1 Å². The van der Waals surface area contributed by atoms with Crippen LogP contribution >= 0.6 is 12.2 Å². The lowest BCUT2D eigenvalue weighted by molar-refractivity contribution is -0.132. The fourth-order valence-corrected chi connectivity index (χ4v) is 1.87. The summed E-state index contributed by atoms with van der Waals surface area (Å²) in [7, 11) is 0. The standard InChI is InChI=1S/C13H17FN2O2S/c1-3-16(4-2)11(17)8-18-10-7-5-6-9(14)12(10)13(15)19/h5-7H,3-4,8H2,1-2H3,(H2,15,19). The second-order valence-corrected chi connectivity index (χ2v) is 4.27. The van der Waals surface area contributed by atoms with Gasteiger partial charge >= 0.3 is 0 Å². The number of rotatable bonds is 6. The number of hydrogen-bond acceptors (Lipinski definition) is 3. The fourth-order valence-electron chi connectivity index (χ4n) is 1.67. The summed E-state index contributed by atoms with van der Waals surface area (Å²) < 4.78 is 18.9. The molecule has 1 rings (SSSR count). The summed E-state index contributed by atoms with van der Waals surface area (Å²) in [5, 5.41) is 0. The van der Waals surface area contributed by atoms with Gasteiger partial charge in [0, 0.05) is 13.1 Å². The summed E-state index contributed by atoms with van der Waals surface area (Å²) in [5.74, 6) is -0.531. The van der Waals surface area contributed by atoms with E-state index in [1.807, 2.05) is 13.8 Å². The maximum atomic E-state index is 13.6. The quantitative estimate of drug-likeness (QED) is 0.808. The molecule has 0 aliphatic carbocycles. The van der Waals surface area contributed by atoms with E-state index < -0.39 is 5.82 Å². The highest BCUT2D eigenvalue weighted by atomic mass is 32.1. The van der Waals surface area contributed by atoms with Crippen LogP contribution in [0.25, 0.3) is 0 Å². The average Bonchev–Trinajstić information content (AvgIpc) is 2.37. The molecular weight excluding hydrogens is 267 g/mol. The third-order valence-corrected chi connectivity index (χ3v) is 2.89. The Labute approximate surface area is 117 Å². The Morgan fingerprint density at radius 3 is 2.58 bits per heavy atom. The number of hydrogen-bond donors (Lipinski definition) is 1. The molecule has 6 heteroatoms. The third-order valence-electron chi connectivity index (χ3n) is 2.69. The molecule has 0 spiro atoms. The highest BCUT2D eigenvalue weighted by molar-refractivity contribution is 7.80. The SMILES string of the molecule is CCN(CC)C(=O)COc1cccc(F)c1C(N)=S. The van der Waals surface area contributed by atoms with Gasteiger partial charge in [0.1, 0.15) is 16.6 Å². The lowest BCUT2D eigenvalue weighted by atomic mass is 10.2. The largest absolute Gasteiger partial charge is 0.483 e. The number of benzene rings is 1. The molecule has 0 saturated carbocycles. The number of nitrogens with two attached hydrogens (primary N) is 1. The van der Waals surface area contributed by atoms with Crippen molar-refractivity contribution in [3.8, 4) is 5.75 Å². The molecule has 1 aromatic carbocycles. The van der Waals surface area contributed by atoms with Crippen molar-refractivity contribution in [2.24, 2.45) is 5.73 Å². The van der Waals surface area contributed by atoms with Gasteiger partial charge in [0.05, 0.1) is 5.56 Å². The maximum Gasteiger partial charge on any atom is 0.260 e. The number of amides is 1. The van der Waals surface area contributed by atoms with Gasteiger partial charge < -0.3 is 15.4 Å². The first-order valence-electron chi connectivity index (χ1n) is 6.00. The van der Waals surface area contributed by atoms with Crippen molar-refractivity contribution in [2.45, 2.75) is 13.8 Å². The normalized spacial score (nSPS) is 10.1. The lowest BCUT2D eigenvalue weighted by Gasteiger charge is -2.19. The number of halogens is 1. The summed E-state index contributed by atoms with van der Waals surface area (Å²) in [6.45, 7) is 4.79. The Bertz CT molecular complexity index is 476. The summed E-state index contributed by atoms with van der Waals surface area (Å²) in [5.41, 5.74) is 5.48. The van der Waals surface area contributed by atoms with Crippen LogP contribution < -0.4 is 10.5 Å². The Kier molecular flexibility index (Phi) is 5.69. The molecule has 0 heterocycles. The van der Waals surface area contributed by atoms with Crippen LogP contribution in [-0.4, -0.2) is 35.5 Å². The first kappa shape index (κ1) is 15.4. The van der Waals surface area contributed by atoms with E-state index in [0.717, 1.165) is 0 Å². The fraction of sp³-hybridized carbons (Fsp3) is 0.385. The third kappa shape index (κ3) is 3.89. The molecule has 0 unspecified atom stereocenters. The van der Waals surface area contributed by atoms with Gasteiger partial charge in [-0.2, -0.15) is 0 Å². The van der Waals surface area contributed by atoms with Crippen LogP contribution in [0, 0.1) is 5.82 Å². The van der Waals surface area contributed by atoms with E-state index in [1.54, 1.807) is 4.90 Å². The molecule has 0 atom stereocenters. The average molecular weight is 284 g/mol. The minimum absolute atomic E-state index is 0.0323. The number of thiocarbonyl (C=S) groups is 1. The van der Waals surface area contributed by atoms with Crippen molar-refractivity contribution >= 4 is 23.1 Å². The Hall–Kier alpha value is -1.69. The topological polar surface area (TPSA) is 55.6 Å². The minimum Gasteiger partial charge on any atom is -0.483 e. The molecular formula is C13H17FN2O2S. The van der Waals surface area contributed by atoms with Crippen molar-refractivity contribution in [1.82, 2.24) is 4.90 Å². The van der Waals surface area contributed by atoms with Crippen molar-refractivity contribution < 1.29 is 13.9 Å². The zero-order chi connectivity index (χ0) is 14.4. The van der Waals surface area contributed by atoms with E-state index in [9.17, 15) is 9.18 Å². The van der Waals surface area contributed by atoms with Crippen molar-refractivity contribution in [1.29, 1.82) is 0 Å². The number of ether oxygens (including phenoxy) is 1. The van der Waals surface area contributed by atoms with E-state index >= 15 is 0 Å². The zero-order valence-electron chi connectivity index (χ0n) is 11.0. The molecule has 0 fully saturated rings. The molecule has 0 aliphatic rings. The van der Waals surface area contributed by atoms with Crippen LogP contribution in [0.4, 0.5) is 4.39 Å². The summed E-state index contributed by atoms with van der Waals surface area (Å²) in [4.78, 5) is 13.3. The molecule has 0 bridgehead atoms. The summed E-state index contributed by atoms with van der Waals surface area (Å²) in [6.07, 6.45) is 0. The Morgan fingerprint density at radius 2 is 2.05 bits per heavy atom. The molecule has 0 aliphatic heterocycles. The molecule has 19 heavy (non-hydrogen) atoms. The first-order chi connectivity index (χ1) is 9.01. The second kappa shape index (κ2) is 7.04. The van der Waals surface area contributed by atoms with Gasteiger partial charge in [-0.25, -0.2) is 4.39 Å². The van der Waals surface area contributed by atoms with Gasteiger partial charge in [-0.1, -0.05) is 18.3 Å². The van der Waals surface area contributed by atoms with Crippen molar-refractivity contribution in [3.63, 3.8) is 0 Å². The van der Waals surface area contributed by atoms with Gasteiger partial charge in [-0.05, 0) is 26.0 Å². The Morgan fingerprint density at radius 1 is 1.42 bits per heavy atom. The molecule has 4 nitrogen and oxygen atoms in total. The molecule has 1 amide bonds. The number of carbonyl (C=O) groups is 1. The number of likely N-dealkylation sites (N-methyl/N-ethyl adjacent to an activating group) is 1. The summed E-state index contributed by atoms with van der Waals surface area (Å²) in [6, 6.07) is 4.26. The van der Waals surface area contributed by atoms with Gasteiger partial charge in [0.25, 0.3) is 5.91 Å². The van der Waals surface area contributed by atoms with Crippen LogP contribution in [-0.2, 0) is 4.79 Å². The molecule has 104 valence electrons. The summed E-state index contributed by atoms with van der Waals surface area (Å²) >= 11 is 4.78. The van der Waals surface area contributed by atoms with E-state index in [4.69, 9.17) is 22.7 Å². The van der Waals surface area contributed by atoms with E-state index in [-0.39, 0.29) is 28.8 Å². The predicted molar refractivity (Wildman–Crippen MR) is 75.7 cm³/mol. The van der Waals surface area contributed by atoms with Crippen LogP contribution in [0.2, 0.25) is 0 Å². The highest BCUT2D eigenvalue weighted by Crippen LogP contribution is 2.21. The van der Waals surface area contributed by atoms with Gasteiger partial charge in [-0.15, -0.1) is 0 Å². The van der Waals surface area contributed by atoms with Crippen LogP contribution in [0.15, 0.2) is 18.2 Å². The van der Waals surface area contributed by atoms with Crippen molar-refractivity contribution in [3.05, 3.63) is 29.6 Å². The minimum atomic E-state index is -0.555. The second-order valence-electron chi connectivity index (χ2n) is 3.83. The van der Waals surface area contributed by atoms with Crippen LogP contribution in [0.3, 0.4) is 0 Å². The monoisotopic (exact) mass is 284 g/mol. The molecule has 0 radical (unpaired) electrons. The highest BCUT2D eigenvalue weighted by Gasteiger charge is 2.15. The number of carbonyl (C=O) groups excluding carboxylic acids is 1. The molecule has 0 saturated heterocycles. The smallest absolute Gasteiger partial charge is 0.260 e. The first-order valence-corrected chi connectivity index (χ1v) is 6.40. The molecule has 1 aromatic rings. The lowest BCUT2D eigenvalue weighted by Crippen LogP contribution is -2.34. The zero-order valence-corrected chi connectivity index (χ0v) is 11.8. The Balaban J connectivity index is 2.81. The maximum absolute atomic E-state index is 13.6. The predicted octanol–water partition coefficient (Wildman–Crippen LogP) is 1.71. The van der Waals surface area contributed by atoms with Crippen molar-refractivity contribution in [2.75, 3.05) is 19.7 Å². The van der Waals surface area contributed by atoms with E-state index in [1.165, 1.54) is 18.2 Å². The van der Waals surface area contributed by atoms with E-state index in [2.05, 4.69) is 0 Å². The van der Waals surface area contributed by atoms with Gasteiger partial charge in [0.2, 0.25) is 0 Å². The number of nitrogens with zero attached hydrogens (tertiary/aromatic N) is 1. The van der Waals surface area contributed by atoms with Gasteiger partial charge in [0.15, 0.2) is 6.61 Å². The molecule has 2 N–H and O–H groups in total. The molecule has 0 aromatic heterocycles. The van der Waals surface area contributed by atoms with Gasteiger partial charge in [-0.3, -0.25) is 4.79 Å². The van der Waals surface area contributed by atoms with Crippen LogP contribution in [0.1, 0.15) is 19.4 Å².